The van der Waals surface area contributed by atoms with Crippen LogP contribution < -0.4 is 0 Å². The van der Waals surface area contributed by atoms with Crippen LogP contribution >= 0.6 is 0 Å². The molecule has 1 N–H and O–H groups in total. The maximum Gasteiger partial charge on any atom is 0.306 e. The molecule has 0 spiro atoms. The van der Waals surface area contributed by atoms with Crippen molar-refractivity contribution in [2.24, 2.45) is 0 Å². The normalized spacial score (nSPS) is 12.6. The second-order valence-electron chi connectivity index (χ2n) is 11.2. The van der Waals surface area contributed by atoms with E-state index < -0.39 is 6.10 Å². The van der Waals surface area contributed by atoms with Gasteiger partial charge >= 0.3 is 11.9 Å². The Labute approximate surface area is 253 Å². The summed E-state index contributed by atoms with van der Waals surface area (Å²) >= 11 is 0. The molecule has 0 bridgehead atoms. The van der Waals surface area contributed by atoms with Gasteiger partial charge in [-0.1, -0.05) is 115 Å². The number of unbranched alkanes of at least 4 members (excludes halogenated alkanes) is 16. The smallest absolute Gasteiger partial charge is 0.306 e. The molecule has 1 atom stereocenters. The van der Waals surface area contributed by atoms with Gasteiger partial charge in [0.2, 0.25) is 0 Å². The van der Waals surface area contributed by atoms with Gasteiger partial charge in [0.15, 0.2) is 6.10 Å². The summed E-state index contributed by atoms with van der Waals surface area (Å²) in [6, 6.07) is 0. The summed E-state index contributed by atoms with van der Waals surface area (Å²) < 4.78 is 10.5. The molecule has 0 aromatic carbocycles. The van der Waals surface area contributed by atoms with Crippen LogP contribution in [0.5, 0.6) is 0 Å². The summed E-state index contributed by atoms with van der Waals surface area (Å²) in [6.07, 6.45) is 37.6. The van der Waals surface area contributed by atoms with Gasteiger partial charge in [-0.3, -0.25) is 9.59 Å². The van der Waals surface area contributed by atoms with Crippen molar-refractivity contribution in [3.05, 3.63) is 36.5 Å². The SMILES string of the molecule is CCCCC/C=C\C/C=C\CCCCCCCC(=O)OC(CO)COC(=O)CCCCCCC/C=C\CCCCC. The molecule has 5 nitrogen and oxygen atoms in total. The molecular formula is C36H64O5. The van der Waals surface area contributed by atoms with Gasteiger partial charge in [0.25, 0.3) is 0 Å². The Morgan fingerprint density at radius 2 is 0.976 bits per heavy atom. The third-order valence-corrected chi connectivity index (χ3v) is 7.16. The monoisotopic (exact) mass is 576 g/mol. The van der Waals surface area contributed by atoms with Crippen LogP contribution in [-0.4, -0.2) is 36.4 Å². The van der Waals surface area contributed by atoms with Crippen molar-refractivity contribution in [1.29, 1.82) is 0 Å². The average molecular weight is 577 g/mol. The first-order chi connectivity index (χ1) is 20.1. The Morgan fingerprint density at radius 3 is 1.46 bits per heavy atom. The fourth-order valence-electron chi connectivity index (χ4n) is 4.52. The molecular weight excluding hydrogens is 512 g/mol. The summed E-state index contributed by atoms with van der Waals surface area (Å²) in [5.41, 5.74) is 0. The highest BCUT2D eigenvalue weighted by atomic mass is 16.6. The molecule has 0 aromatic heterocycles. The van der Waals surface area contributed by atoms with Gasteiger partial charge < -0.3 is 14.6 Å². The zero-order valence-corrected chi connectivity index (χ0v) is 26.8. The van der Waals surface area contributed by atoms with E-state index in [1.807, 2.05) is 0 Å². The van der Waals surface area contributed by atoms with Gasteiger partial charge in [0.1, 0.15) is 6.61 Å². The molecule has 0 aromatic rings. The van der Waals surface area contributed by atoms with E-state index in [1.54, 1.807) is 0 Å². The lowest BCUT2D eigenvalue weighted by molar-refractivity contribution is -0.161. The van der Waals surface area contributed by atoms with Crippen LogP contribution in [0.15, 0.2) is 36.5 Å². The van der Waals surface area contributed by atoms with E-state index in [0.29, 0.717) is 12.8 Å². The standard InChI is InChI=1S/C36H64O5/c1-3-5-7-9-11-13-15-17-18-19-21-23-25-27-29-31-36(39)41-34(32-37)33-40-35(38)30-28-26-24-22-20-16-14-12-10-8-6-4-2/h11-14,17-18,34,37H,3-10,15-16,19-33H2,1-2H3/b13-11-,14-12-,18-17-. The molecule has 0 aliphatic heterocycles. The van der Waals surface area contributed by atoms with Crippen molar-refractivity contribution in [2.75, 3.05) is 13.2 Å². The first-order valence-electron chi connectivity index (χ1n) is 17.0. The van der Waals surface area contributed by atoms with Crippen LogP contribution in [0.25, 0.3) is 0 Å². The molecule has 0 amide bonds. The lowest BCUT2D eigenvalue weighted by Gasteiger charge is -2.15. The molecule has 0 saturated carbocycles. The molecule has 0 aliphatic rings. The fourth-order valence-corrected chi connectivity index (χ4v) is 4.52. The van der Waals surface area contributed by atoms with Crippen molar-refractivity contribution >= 4 is 11.9 Å². The number of ether oxygens (including phenoxy) is 2. The van der Waals surface area contributed by atoms with E-state index in [2.05, 4.69) is 50.3 Å². The van der Waals surface area contributed by atoms with Crippen LogP contribution in [0.3, 0.4) is 0 Å². The molecule has 0 heterocycles. The summed E-state index contributed by atoms with van der Waals surface area (Å²) in [5, 5.41) is 9.50. The minimum atomic E-state index is -0.778. The van der Waals surface area contributed by atoms with Crippen molar-refractivity contribution in [3.8, 4) is 0 Å². The Hall–Kier alpha value is -1.88. The van der Waals surface area contributed by atoms with Crippen LogP contribution in [0.2, 0.25) is 0 Å². The predicted octanol–water partition coefficient (Wildman–Crippen LogP) is 10.1. The highest BCUT2D eigenvalue weighted by Crippen LogP contribution is 2.11. The second-order valence-corrected chi connectivity index (χ2v) is 11.2. The maximum absolute atomic E-state index is 12.1. The maximum atomic E-state index is 12.1. The lowest BCUT2D eigenvalue weighted by Crippen LogP contribution is -2.28. The zero-order chi connectivity index (χ0) is 30.1. The quantitative estimate of drug-likeness (QED) is 0.0523. The van der Waals surface area contributed by atoms with E-state index in [-0.39, 0.29) is 25.2 Å². The topological polar surface area (TPSA) is 72.8 Å². The van der Waals surface area contributed by atoms with Gasteiger partial charge in [0.05, 0.1) is 6.61 Å². The van der Waals surface area contributed by atoms with Crippen LogP contribution in [0.1, 0.15) is 162 Å². The Kier molecular flexibility index (Phi) is 31.1. The van der Waals surface area contributed by atoms with Crippen molar-refractivity contribution in [1.82, 2.24) is 0 Å². The molecule has 0 radical (unpaired) electrons. The minimum absolute atomic E-state index is 0.0756. The van der Waals surface area contributed by atoms with E-state index in [1.165, 1.54) is 70.6 Å². The number of carbonyl (C=O) groups is 2. The van der Waals surface area contributed by atoms with Crippen LogP contribution in [0.4, 0.5) is 0 Å². The van der Waals surface area contributed by atoms with Gasteiger partial charge in [-0.15, -0.1) is 0 Å². The molecule has 5 heteroatoms. The Bertz CT molecular complexity index is 667. The number of hydrogen-bond acceptors (Lipinski definition) is 5. The molecule has 0 rings (SSSR count). The van der Waals surface area contributed by atoms with Gasteiger partial charge in [-0.05, 0) is 70.6 Å². The summed E-state index contributed by atoms with van der Waals surface area (Å²) in [7, 11) is 0. The highest BCUT2D eigenvalue weighted by Gasteiger charge is 2.16. The van der Waals surface area contributed by atoms with Gasteiger partial charge in [-0.25, -0.2) is 0 Å². The van der Waals surface area contributed by atoms with E-state index in [9.17, 15) is 14.7 Å². The molecule has 41 heavy (non-hydrogen) atoms. The van der Waals surface area contributed by atoms with Gasteiger partial charge in [-0.2, -0.15) is 0 Å². The number of hydrogen-bond donors (Lipinski definition) is 1. The van der Waals surface area contributed by atoms with Crippen molar-refractivity contribution in [2.45, 2.75) is 168 Å². The van der Waals surface area contributed by atoms with E-state index >= 15 is 0 Å². The molecule has 0 fully saturated rings. The third kappa shape index (κ3) is 30.9. The molecule has 238 valence electrons. The Morgan fingerprint density at radius 1 is 0.561 bits per heavy atom. The van der Waals surface area contributed by atoms with Crippen molar-refractivity contribution < 1.29 is 24.2 Å². The predicted molar refractivity (Wildman–Crippen MR) is 173 cm³/mol. The summed E-state index contributed by atoms with van der Waals surface area (Å²) in [4.78, 5) is 24.1. The van der Waals surface area contributed by atoms with E-state index in [0.717, 1.165) is 64.2 Å². The molecule has 0 saturated heterocycles. The highest BCUT2D eigenvalue weighted by molar-refractivity contribution is 5.70. The van der Waals surface area contributed by atoms with Crippen molar-refractivity contribution in [3.63, 3.8) is 0 Å². The molecule has 0 aliphatic carbocycles. The number of aliphatic hydroxyl groups is 1. The first-order valence-corrected chi connectivity index (χ1v) is 17.0. The van der Waals surface area contributed by atoms with Crippen LogP contribution in [0, 0.1) is 0 Å². The molecule has 1 unspecified atom stereocenters. The Balaban J connectivity index is 3.63. The van der Waals surface area contributed by atoms with Crippen LogP contribution in [-0.2, 0) is 19.1 Å². The van der Waals surface area contributed by atoms with Gasteiger partial charge in [0, 0.05) is 12.8 Å². The number of aliphatic hydroxyl groups excluding tert-OH is 1. The summed E-state index contributed by atoms with van der Waals surface area (Å²) in [6.45, 7) is 4.05. The lowest BCUT2D eigenvalue weighted by atomic mass is 10.1. The largest absolute Gasteiger partial charge is 0.462 e. The number of esters is 2. The summed E-state index contributed by atoms with van der Waals surface area (Å²) in [5.74, 6) is -0.621. The zero-order valence-electron chi connectivity index (χ0n) is 26.8. The second kappa shape index (κ2) is 32.6. The number of carbonyl (C=O) groups excluding carboxylic acids is 2. The average Bonchev–Trinajstić information content (AvgIpc) is 2.97. The first kappa shape index (κ1) is 39.1. The third-order valence-electron chi connectivity index (χ3n) is 7.16. The fraction of sp³-hybridized carbons (Fsp3) is 0.778. The van der Waals surface area contributed by atoms with E-state index in [4.69, 9.17) is 9.47 Å². The minimum Gasteiger partial charge on any atom is -0.462 e. The number of rotatable bonds is 30. The number of allylic oxidation sites excluding steroid dienone is 6.